The highest BCUT2D eigenvalue weighted by molar-refractivity contribution is 5.84. The van der Waals surface area contributed by atoms with Crippen LogP contribution in [0.2, 0.25) is 0 Å². The third-order valence-corrected chi connectivity index (χ3v) is 3.94. The van der Waals surface area contributed by atoms with Crippen molar-refractivity contribution in [2.45, 2.75) is 45.1 Å². The SMILES string of the molecule is CNC1(CN(C)C2=NC(C(C)C)=CCC2)CC1. The van der Waals surface area contributed by atoms with E-state index in [0.29, 0.717) is 11.5 Å². The van der Waals surface area contributed by atoms with Gasteiger partial charge >= 0.3 is 0 Å². The molecule has 17 heavy (non-hydrogen) atoms. The first-order chi connectivity index (χ1) is 8.06. The molecule has 1 aliphatic heterocycles. The van der Waals surface area contributed by atoms with Gasteiger partial charge in [0.05, 0.1) is 0 Å². The van der Waals surface area contributed by atoms with Gasteiger partial charge in [0.25, 0.3) is 0 Å². The summed E-state index contributed by atoms with van der Waals surface area (Å²) in [5, 5.41) is 3.45. The van der Waals surface area contributed by atoms with Gasteiger partial charge in [0.1, 0.15) is 5.84 Å². The number of hydrogen-bond acceptors (Lipinski definition) is 3. The molecule has 2 rings (SSSR count). The molecule has 0 aromatic heterocycles. The van der Waals surface area contributed by atoms with Crippen molar-refractivity contribution in [1.29, 1.82) is 0 Å². The lowest BCUT2D eigenvalue weighted by atomic mass is 10.1. The maximum absolute atomic E-state index is 4.80. The van der Waals surface area contributed by atoms with Crippen molar-refractivity contribution in [2.24, 2.45) is 10.9 Å². The maximum Gasteiger partial charge on any atom is 0.104 e. The van der Waals surface area contributed by atoms with E-state index in [1.807, 2.05) is 0 Å². The van der Waals surface area contributed by atoms with Crippen molar-refractivity contribution >= 4 is 5.84 Å². The Morgan fingerprint density at radius 3 is 2.71 bits per heavy atom. The summed E-state index contributed by atoms with van der Waals surface area (Å²) < 4.78 is 0. The highest BCUT2D eigenvalue weighted by Crippen LogP contribution is 2.35. The fraction of sp³-hybridized carbons (Fsp3) is 0.786. The summed E-state index contributed by atoms with van der Waals surface area (Å²) >= 11 is 0. The van der Waals surface area contributed by atoms with E-state index in [4.69, 9.17) is 4.99 Å². The number of aliphatic imine (C=N–C) groups is 1. The molecule has 2 aliphatic rings. The Morgan fingerprint density at radius 1 is 1.47 bits per heavy atom. The van der Waals surface area contributed by atoms with Gasteiger partial charge in [-0.25, -0.2) is 4.99 Å². The van der Waals surface area contributed by atoms with Gasteiger partial charge in [-0.15, -0.1) is 0 Å². The van der Waals surface area contributed by atoms with Crippen LogP contribution in [0.1, 0.15) is 39.5 Å². The van der Waals surface area contributed by atoms with E-state index >= 15 is 0 Å². The molecule has 1 heterocycles. The van der Waals surface area contributed by atoms with E-state index < -0.39 is 0 Å². The van der Waals surface area contributed by atoms with Crippen LogP contribution in [0.25, 0.3) is 0 Å². The van der Waals surface area contributed by atoms with Gasteiger partial charge in [0.15, 0.2) is 0 Å². The molecule has 0 atom stereocenters. The number of rotatable bonds is 4. The fourth-order valence-corrected chi connectivity index (χ4v) is 2.42. The summed E-state index contributed by atoms with van der Waals surface area (Å²) in [6, 6.07) is 0. The molecule has 0 spiro atoms. The van der Waals surface area contributed by atoms with Crippen LogP contribution in [0.4, 0.5) is 0 Å². The lowest BCUT2D eigenvalue weighted by Gasteiger charge is -2.28. The number of likely N-dealkylation sites (N-methyl/N-ethyl adjacent to an activating group) is 2. The molecule has 0 aromatic carbocycles. The molecule has 0 radical (unpaired) electrons. The molecule has 0 amide bonds. The largest absolute Gasteiger partial charge is 0.361 e. The van der Waals surface area contributed by atoms with Crippen molar-refractivity contribution in [1.82, 2.24) is 10.2 Å². The van der Waals surface area contributed by atoms with Gasteiger partial charge in [-0.2, -0.15) is 0 Å². The smallest absolute Gasteiger partial charge is 0.104 e. The van der Waals surface area contributed by atoms with Gasteiger partial charge in [-0.1, -0.05) is 19.9 Å². The maximum atomic E-state index is 4.80. The van der Waals surface area contributed by atoms with Crippen molar-refractivity contribution in [2.75, 3.05) is 20.6 Å². The standard InChI is InChI=1S/C14H25N3/c1-11(2)12-6-5-7-13(16-12)17(4)10-14(15-3)8-9-14/h6,11,15H,5,7-10H2,1-4H3. The molecule has 1 aliphatic carbocycles. The third kappa shape index (κ3) is 2.89. The summed E-state index contributed by atoms with van der Waals surface area (Å²) in [5.41, 5.74) is 1.63. The zero-order valence-electron chi connectivity index (χ0n) is 11.6. The quantitative estimate of drug-likeness (QED) is 0.810. The number of hydrogen-bond donors (Lipinski definition) is 1. The predicted octanol–water partition coefficient (Wildman–Crippen LogP) is 2.40. The Kier molecular flexibility index (Phi) is 3.57. The lowest BCUT2D eigenvalue weighted by Crippen LogP contribution is -2.42. The summed E-state index contributed by atoms with van der Waals surface area (Å²) in [6.07, 6.45) is 7.12. The van der Waals surface area contributed by atoms with E-state index in [1.165, 1.54) is 24.4 Å². The minimum Gasteiger partial charge on any atom is -0.361 e. The summed E-state index contributed by atoms with van der Waals surface area (Å²) in [4.78, 5) is 7.15. The Bertz CT molecular complexity index is 337. The lowest BCUT2D eigenvalue weighted by molar-refractivity contribution is 0.389. The van der Waals surface area contributed by atoms with Crippen molar-refractivity contribution < 1.29 is 0 Å². The Morgan fingerprint density at radius 2 is 2.18 bits per heavy atom. The molecule has 0 saturated heterocycles. The molecule has 0 aromatic rings. The van der Waals surface area contributed by atoms with E-state index in [-0.39, 0.29) is 0 Å². The third-order valence-electron chi connectivity index (χ3n) is 3.94. The molecule has 0 unspecified atom stereocenters. The second-order valence-corrected chi connectivity index (χ2v) is 5.74. The van der Waals surface area contributed by atoms with Gasteiger partial charge in [-0.05, 0) is 32.2 Å². The molecule has 1 saturated carbocycles. The highest BCUT2D eigenvalue weighted by atomic mass is 15.2. The number of nitrogens with zero attached hydrogens (tertiary/aromatic N) is 2. The van der Waals surface area contributed by atoms with Crippen molar-refractivity contribution in [3.05, 3.63) is 11.8 Å². The van der Waals surface area contributed by atoms with Crippen LogP contribution in [-0.4, -0.2) is 36.9 Å². The minimum atomic E-state index is 0.371. The second-order valence-electron chi connectivity index (χ2n) is 5.74. The van der Waals surface area contributed by atoms with Crippen molar-refractivity contribution in [3.8, 4) is 0 Å². The minimum absolute atomic E-state index is 0.371. The highest BCUT2D eigenvalue weighted by Gasteiger charge is 2.42. The molecule has 1 fully saturated rings. The zero-order chi connectivity index (χ0) is 12.5. The molecule has 1 N–H and O–H groups in total. The fourth-order valence-electron chi connectivity index (χ4n) is 2.42. The van der Waals surface area contributed by atoms with Crippen LogP contribution >= 0.6 is 0 Å². The van der Waals surface area contributed by atoms with Crippen LogP contribution in [0.3, 0.4) is 0 Å². The monoisotopic (exact) mass is 235 g/mol. The van der Waals surface area contributed by atoms with Gasteiger partial charge in [0, 0.05) is 31.2 Å². The number of amidine groups is 1. The number of allylic oxidation sites excluding steroid dienone is 2. The first kappa shape index (κ1) is 12.6. The Hall–Kier alpha value is -0.830. The number of nitrogens with one attached hydrogen (secondary N) is 1. The first-order valence-corrected chi connectivity index (χ1v) is 6.74. The van der Waals surface area contributed by atoms with Crippen LogP contribution in [0.5, 0.6) is 0 Å². The van der Waals surface area contributed by atoms with E-state index in [0.717, 1.165) is 19.4 Å². The summed E-state index contributed by atoms with van der Waals surface area (Å²) in [7, 11) is 4.25. The van der Waals surface area contributed by atoms with Gasteiger partial charge in [0.2, 0.25) is 0 Å². The van der Waals surface area contributed by atoms with Crippen molar-refractivity contribution in [3.63, 3.8) is 0 Å². The van der Waals surface area contributed by atoms with Crippen LogP contribution in [0.15, 0.2) is 16.8 Å². The van der Waals surface area contributed by atoms with E-state index in [9.17, 15) is 0 Å². The molecular weight excluding hydrogens is 210 g/mol. The second kappa shape index (κ2) is 4.81. The average molecular weight is 235 g/mol. The Labute approximate surface area is 105 Å². The molecular formula is C14H25N3. The topological polar surface area (TPSA) is 27.6 Å². The summed E-state index contributed by atoms with van der Waals surface area (Å²) in [6.45, 7) is 5.52. The Balaban J connectivity index is 2.00. The molecule has 96 valence electrons. The normalized spacial score (nSPS) is 22.2. The average Bonchev–Trinajstić information content (AvgIpc) is 3.09. The molecule has 3 nitrogen and oxygen atoms in total. The van der Waals surface area contributed by atoms with E-state index in [2.05, 4.69) is 44.2 Å². The van der Waals surface area contributed by atoms with E-state index in [1.54, 1.807) is 0 Å². The first-order valence-electron chi connectivity index (χ1n) is 6.74. The summed E-state index contributed by atoms with van der Waals surface area (Å²) in [5.74, 6) is 1.80. The molecule has 0 bridgehead atoms. The predicted molar refractivity (Wildman–Crippen MR) is 73.2 cm³/mol. The van der Waals surface area contributed by atoms with Crippen LogP contribution in [-0.2, 0) is 0 Å². The zero-order valence-corrected chi connectivity index (χ0v) is 11.6. The van der Waals surface area contributed by atoms with Crippen LogP contribution < -0.4 is 5.32 Å². The molecule has 3 heteroatoms. The van der Waals surface area contributed by atoms with Gasteiger partial charge in [-0.3, -0.25) is 0 Å². The van der Waals surface area contributed by atoms with Gasteiger partial charge < -0.3 is 10.2 Å². The van der Waals surface area contributed by atoms with Crippen LogP contribution in [0, 0.1) is 5.92 Å².